The molecule has 78 valence electrons. The minimum absolute atomic E-state index is 0.914. The molecule has 15 heavy (non-hydrogen) atoms. The van der Waals surface area contributed by atoms with E-state index in [2.05, 4.69) is 22.4 Å². The van der Waals surface area contributed by atoms with Crippen LogP contribution in [-0.2, 0) is 6.42 Å². The van der Waals surface area contributed by atoms with Crippen molar-refractivity contribution in [3.05, 3.63) is 23.9 Å². The lowest BCUT2D eigenvalue weighted by molar-refractivity contribution is 0.415. The third-order valence-electron chi connectivity index (χ3n) is 2.99. The molecule has 0 saturated heterocycles. The molecule has 2 heterocycles. The number of aromatic amines is 1. The summed E-state index contributed by atoms with van der Waals surface area (Å²) < 4.78 is 5.24. The van der Waals surface area contributed by atoms with Gasteiger partial charge in [0.15, 0.2) is 0 Å². The van der Waals surface area contributed by atoms with Crippen LogP contribution in [0.25, 0.3) is 10.9 Å². The first kappa shape index (κ1) is 8.65. The van der Waals surface area contributed by atoms with Crippen molar-refractivity contribution in [2.75, 3.05) is 19.0 Å². The van der Waals surface area contributed by atoms with E-state index in [9.17, 15) is 0 Å². The highest BCUT2D eigenvalue weighted by Gasteiger charge is 2.14. The van der Waals surface area contributed by atoms with Gasteiger partial charge in [-0.15, -0.1) is 0 Å². The van der Waals surface area contributed by atoms with Crippen LogP contribution < -0.4 is 10.1 Å². The Kier molecular flexibility index (Phi) is 1.84. The summed E-state index contributed by atoms with van der Waals surface area (Å²) in [5.74, 6) is 0.914. The maximum Gasteiger partial charge on any atom is 0.119 e. The summed E-state index contributed by atoms with van der Waals surface area (Å²) >= 11 is 0. The Balaban J connectivity index is 2.24. The average Bonchev–Trinajstić information content (AvgIpc) is 2.66. The molecule has 1 aliphatic rings. The number of nitrogens with one attached hydrogen (secondary N) is 2. The molecule has 0 aliphatic carbocycles. The van der Waals surface area contributed by atoms with Gasteiger partial charge in [-0.05, 0) is 31.0 Å². The standard InChI is InChI=1S/C12H14N2O/c1-15-8-4-5-10-9(7-8)12-11(14-10)3-2-6-13-12/h4-5,7,13-14H,2-3,6H2,1H3. The Hall–Kier alpha value is -1.64. The number of benzene rings is 1. The van der Waals surface area contributed by atoms with Crippen LogP contribution in [0.2, 0.25) is 0 Å². The van der Waals surface area contributed by atoms with E-state index in [0.29, 0.717) is 0 Å². The molecule has 0 saturated carbocycles. The van der Waals surface area contributed by atoms with Crippen molar-refractivity contribution < 1.29 is 4.74 Å². The molecular weight excluding hydrogens is 188 g/mol. The molecule has 3 rings (SSSR count). The number of H-pyrrole nitrogens is 1. The number of methoxy groups -OCH3 is 1. The van der Waals surface area contributed by atoms with E-state index in [1.54, 1.807) is 7.11 Å². The highest BCUT2D eigenvalue weighted by atomic mass is 16.5. The van der Waals surface area contributed by atoms with Gasteiger partial charge in [-0.2, -0.15) is 0 Å². The van der Waals surface area contributed by atoms with Crippen LogP contribution in [0.15, 0.2) is 18.2 Å². The van der Waals surface area contributed by atoms with Gasteiger partial charge in [-0.25, -0.2) is 0 Å². The normalized spacial score (nSPS) is 14.7. The first-order valence-corrected chi connectivity index (χ1v) is 5.31. The van der Waals surface area contributed by atoms with Crippen LogP contribution in [0.4, 0.5) is 5.69 Å². The summed E-state index contributed by atoms with van der Waals surface area (Å²) in [5, 5.41) is 4.69. The summed E-state index contributed by atoms with van der Waals surface area (Å²) in [4.78, 5) is 3.45. The number of hydrogen-bond acceptors (Lipinski definition) is 2. The van der Waals surface area contributed by atoms with Crippen molar-refractivity contribution in [1.29, 1.82) is 0 Å². The Morgan fingerprint density at radius 2 is 2.27 bits per heavy atom. The number of fused-ring (bicyclic) bond motifs is 3. The molecule has 3 heteroatoms. The number of hydrogen-bond donors (Lipinski definition) is 2. The molecule has 1 aliphatic heterocycles. The van der Waals surface area contributed by atoms with Crippen molar-refractivity contribution in [3.63, 3.8) is 0 Å². The second kappa shape index (κ2) is 3.19. The van der Waals surface area contributed by atoms with Crippen LogP contribution in [0, 0.1) is 0 Å². The maximum atomic E-state index is 5.24. The monoisotopic (exact) mass is 202 g/mol. The van der Waals surface area contributed by atoms with E-state index in [1.165, 1.54) is 28.7 Å². The quantitative estimate of drug-likeness (QED) is 0.745. The van der Waals surface area contributed by atoms with Crippen LogP contribution in [-0.4, -0.2) is 18.6 Å². The van der Waals surface area contributed by atoms with E-state index in [1.807, 2.05) is 6.07 Å². The fourth-order valence-corrected chi connectivity index (χ4v) is 2.22. The zero-order chi connectivity index (χ0) is 10.3. The summed E-state index contributed by atoms with van der Waals surface area (Å²) in [6.45, 7) is 1.07. The topological polar surface area (TPSA) is 37.0 Å². The van der Waals surface area contributed by atoms with Gasteiger partial charge < -0.3 is 15.0 Å². The highest BCUT2D eigenvalue weighted by molar-refractivity contribution is 5.95. The Morgan fingerprint density at radius 1 is 1.33 bits per heavy atom. The number of rotatable bonds is 1. The van der Waals surface area contributed by atoms with E-state index in [4.69, 9.17) is 4.74 Å². The molecule has 2 aromatic rings. The molecule has 0 atom stereocenters. The summed E-state index contributed by atoms with van der Waals surface area (Å²) in [5.41, 5.74) is 3.77. The molecule has 2 N–H and O–H groups in total. The molecule has 0 amide bonds. The SMILES string of the molecule is COc1ccc2[nH]c3c(c2c1)NCCC3. The number of anilines is 1. The molecule has 0 bridgehead atoms. The minimum atomic E-state index is 0.914. The Morgan fingerprint density at radius 3 is 3.13 bits per heavy atom. The smallest absolute Gasteiger partial charge is 0.119 e. The largest absolute Gasteiger partial charge is 0.497 e. The first-order chi connectivity index (χ1) is 7.38. The third kappa shape index (κ3) is 1.27. The average molecular weight is 202 g/mol. The van der Waals surface area contributed by atoms with Crippen molar-refractivity contribution >= 4 is 16.6 Å². The molecule has 1 aromatic heterocycles. The second-order valence-electron chi connectivity index (χ2n) is 3.92. The van der Waals surface area contributed by atoms with Gasteiger partial charge in [0.2, 0.25) is 0 Å². The van der Waals surface area contributed by atoms with Crippen molar-refractivity contribution in [3.8, 4) is 5.75 Å². The fraction of sp³-hybridized carbons (Fsp3) is 0.333. The summed E-state index contributed by atoms with van der Waals surface area (Å²) in [6, 6.07) is 6.15. The van der Waals surface area contributed by atoms with Crippen molar-refractivity contribution in [2.45, 2.75) is 12.8 Å². The van der Waals surface area contributed by atoms with E-state index < -0.39 is 0 Å². The predicted octanol–water partition coefficient (Wildman–Crippen LogP) is 2.53. The van der Waals surface area contributed by atoms with E-state index >= 15 is 0 Å². The fourth-order valence-electron chi connectivity index (χ4n) is 2.22. The molecule has 3 nitrogen and oxygen atoms in total. The van der Waals surface area contributed by atoms with Crippen molar-refractivity contribution in [1.82, 2.24) is 4.98 Å². The molecular formula is C12H14N2O. The lowest BCUT2D eigenvalue weighted by Crippen LogP contribution is -2.10. The lowest BCUT2D eigenvalue weighted by atomic mass is 10.1. The van der Waals surface area contributed by atoms with E-state index in [0.717, 1.165) is 18.7 Å². The van der Waals surface area contributed by atoms with Gasteiger partial charge in [-0.1, -0.05) is 0 Å². The van der Waals surface area contributed by atoms with Crippen LogP contribution >= 0.6 is 0 Å². The zero-order valence-electron chi connectivity index (χ0n) is 8.76. The van der Waals surface area contributed by atoms with Gasteiger partial charge in [0.05, 0.1) is 12.8 Å². The molecule has 0 unspecified atom stereocenters. The number of aryl methyl sites for hydroxylation is 1. The molecule has 0 fully saturated rings. The molecule has 0 spiro atoms. The molecule has 0 radical (unpaired) electrons. The summed E-state index contributed by atoms with van der Waals surface area (Å²) in [6.07, 6.45) is 2.34. The van der Waals surface area contributed by atoms with Gasteiger partial charge in [0, 0.05) is 23.1 Å². The first-order valence-electron chi connectivity index (χ1n) is 5.31. The molecule has 1 aromatic carbocycles. The van der Waals surface area contributed by atoms with Gasteiger partial charge in [0.25, 0.3) is 0 Å². The zero-order valence-corrected chi connectivity index (χ0v) is 8.76. The van der Waals surface area contributed by atoms with E-state index in [-0.39, 0.29) is 0 Å². The van der Waals surface area contributed by atoms with Gasteiger partial charge in [0.1, 0.15) is 5.75 Å². The van der Waals surface area contributed by atoms with Crippen LogP contribution in [0.5, 0.6) is 5.75 Å². The second-order valence-corrected chi connectivity index (χ2v) is 3.92. The number of aromatic nitrogens is 1. The minimum Gasteiger partial charge on any atom is -0.497 e. The Bertz CT molecular complexity index is 502. The van der Waals surface area contributed by atoms with Gasteiger partial charge >= 0.3 is 0 Å². The number of ether oxygens (including phenoxy) is 1. The summed E-state index contributed by atoms with van der Waals surface area (Å²) in [7, 11) is 1.70. The Labute approximate surface area is 88.4 Å². The van der Waals surface area contributed by atoms with Gasteiger partial charge in [-0.3, -0.25) is 0 Å². The predicted molar refractivity (Wildman–Crippen MR) is 61.7 cm³/mol. The lowest BCUT2D eigenvalue weighted by Gasteiger charge is -2.13. The third-order valence-corrected chi connectivity index (χ3v) is 2.99. The highest BCUT2D eigenvalue weighted by Crippen LogP contribution is 2.33. The van der Waals surface area contributed by atoms with Crippen LogP contribution in [0.3, 0.4) is 0 Å². The maximum absolute atomic E-state index is 5.24. The van der Waals surface area contributed by atoms with Crippen LogP contribution in [0.1, 0.15) is 12.1 Å². The van der Waals surface area contributed by atoms with Crippen molar-refractivity contribution in [2.24, 2.45) is 0 Å².